The summed E-state index contributed by atoms with van der Waals surface area (Å²) in [5, 5.41) is 18.8. The van der Waals surface area contributed by atoms with Crippen molar-refractivity contribution in [3.63, 3.8) is 0 Å². The lowest BCUT2D eigenvalue weighted by Gasteiger charge is -2.48. The fourth-order valence-corrected chi connectivity index (χ4v) is 6.22. The summed E-state index contributed by atoms with van der Waals surface area (Å²) >= 11 is 0. The van der Waals surface area contributed by atoms with E-state index in [0.717, 1.165) is 43.2 Å². The van der Waals surface area contributed by atoms with Crippen LogP contribution < -0.4 is 0 Å². The quantitative estimate of drug-likeness (QED) is 0.672. The third-order valence-electron chi connectivity index (χ3n) is 7.73. The molecule has 0 unspecified atom stereocenters. The molecule has 3 aliphatic rings. The molecule has 0 radical (unpaired) electrons. The van der Waals surface area contributed by atoms with Gasteiger partial charge in [-0.2, -0.15) is 5.26 Å². The van der Waals surface area contributed by atoms with Crippen molar-refractivity contribution in [2.45, 2.75) is 44.9 Å². The Labute approximate surface area is 171 Å². The normalized spacial score (nSPS) is 31.7. The lowest BCUT2D eigenvalue weighted by Crippen LogP contribution is -2.42. The van der Waals surface area contributed by atoms with Gasteiger partial charge in [0.05, 0.1) is 11.6 Å². The number of phenols is 1. The van der Waals surface area contributed by atoms with Crippen molar-refractivity contribution in [2.75, 3.05) is 0 Å². The maximum atomic E-state index is 13.4. The van der Waals surface area contributed by atoms with Gasteiger partial charge in [0.15, 0.2) is 5.78 Å². The summed E-state index contributed by atoms with van der Waals surface area (Å²) < 4.78 is 0. The van der Waals surface area contributed by atoms with Crippen molar-refractivity contribution in [3.05, 3.63) is 70.3 Å². The van der Waals surface area contributed by atoms with Crippen LogP contribution in [-0.2, 0) is 11.2 Å². The summed E-state index contributed by atoms with van der Waals surface area (Å²) in [5.41, 5.74) is 4.99. The molecule has 2 aromatic rings. The fraction of sp³-hybridized carbons (Fsp3) is 0.385. The first-order chi connectivity index (χ1) is 14.0. The predicted octanol–water partition coefficient (Wildman–Crippen LogP) is 5.38. The van der Waals surface area contributed by atoms with Crippen LogP contribution in [0.25, 0.3) is 6.08 Å². The average molecular weight is 383 g/mol. The number of allylic oxidation sites excluding steroid dienone is 1. The van der Waals surface area contributed by atoms with E-state index in [2.05, 4.69) is 19.1 Å². The van der Waals surface area contributed by atoms with Crippen LogP contribution in [0.15, 0.2) is 48.0 Å². The number of hydrogen-bond acceptors (Lipinski definition) is 3. The fourth-order valence-electron chi connectivity index (χ4n) is 6.22. The molecule has 0 aliphatic heterocycles. The van der Waals surface area contributed by atoms with E-state index < -0.39 is 0 Å². The Morgan fingerprint density at radius 1 is 1.17 bits per heavy atom. The zero-order chi connectivity index (χ0) is 20.2. The minimum Gasteiger partial charge on any atom is -0.508 e. The average Bonchev–Trinajstić information content (AvgIpc) is 2.99. The molecule has 3 heteroatoms. The number of fused-ring (bicyclic) bond motifs is 5. The first-order valence-corrected chi connectivity index (χ1v) is 10.6. The molecule has 0 spiro atoms. The van der Waals surface area contributed by atoms with Gasteiger partial charge in [0.25, 0.3) is 0 Å². The second-order valence-electron chi connectivity index (χ2n) is 9.19. The number of Topliss-reactive ketones (excluding diaryl/α,β-unsaturated/α-hetero) is 1. The maximum Gasteiger partial charge on any atom is 0.165 e. The number of carbonyl (C=O) groups excluding carboxylic acids is 1. The van der Waals surface area contributed by atoms with Crippen molar-refractivity contribution in [2.24, 2.45) is 17.3 Å². The van der Waals surface area contributed by atoms with Gasteiger partial charge >= 0.3 is 0 Å². The largest absolute Gasteiger partial charge is 0.508 e. The van der Waals surface area contributed by atoms with Crippen LogP contribution in [0.1, 0.15) is 60.8 Å². The number of carbonyl (C=O) groups is 1. The van der Waals surface area contributed by atoms with Gasteiger partial charge in [0, 0.05) is 5.41 Å². The Kier molecular flexibility index (Phi) is 4.13. The van der Waals surface area contributed by atoms with Crippen molar-refractivity contribution in [1.82, 2.24) is 0 Å². The van der Waals surface area contributed by atoms with E-state index >= 15 is 0 Å². The molecule has 0 aromatic heterocycles. The smallest absolute Gasteiger partial charge is 0.165 e. The molecule has 2 aromatic carbocycles. The van der Waals surface area contributed by atoms with Crippen molar-refractivity contribution >= 4 is 11.9 Å². The summed E-state index contributed by atoms with van der Waals surface area (Å²) in [7, 11) is 0. The first kappa shape index (κ1) is 18.2. The number of ketones is 1. The van der Waals surface area contributed by atoms with Gasteiger partial charge in [0.2, 0.25) is 0 Å². The molecule has 0 amide bonds. The van der Waals surface area contributed by atoms with E-state index in [0.29, 0.717) is 34.8 Å². The summed E-state index contributed by atoms with van der Waals surface area (Å²) in [4.78, 5) is 13.4. The number of hydrogen-bond donors (Lipinski definition) is 1. The Hall–Kier alpha value is -2.86. The number of aromatic hydroxyl groups is 1. The third-order valence-corrected chi connectivity index (χ3v) is 7.73. The highest BCUT2D eigenvalue weighted by atomic mass is 16.3. The zero-order valence-electron chi connectivity index (χ0n) is 16.7. The number of phenolic OH excluding ortho intramolecular Hbond substituents is 1. The second-order valence-corrected chi connectivity index (χ2v) is 9.19. The zero-order valence-corrected chi connectivity index (χ0v) is 16.7. The molecule has 3 aliphatic carbocycles. The highest BCUT2D eigenvalue weighted by Crippen LogP contribution is 2.60. The van der Waals surface area contributed by atoms with Crippen molar-refractivity contribution < 1.29 is 9.90 Å². The summed E-state index contributed by atoms with van der Waals surface area (Å²) in [6, 6.07) is 15.5. The van der Waals surface area contributed by atoms with Gasteiger partial charge in [0.1, 0.15) is 5.75 Å². The Bertz CT molecular complexity index is 1060. The topological polar surface area (TPSA) is 61.1 Å². The molecule has 2 saturated carbocycles. The molecule has 3 nitrogen and oxygen atoms in total. The lowest BCUT2D eigenvalue weighted by molar-refractivity contribution is -0.127. The molecular formula is C26H25NO2. The minimum absolute atomic E-state index is 0.256. The van der Waals surface area contributed by atoms with Gasteiger partial charge in [-0.05, 0) is 102 Å². The van der Waals surface area contributed by atoms with Crippen LogP contribution in [-0.4, -0.2) is 10.9 Å². The molecular weight excluding hydrogens is 358 g/mol. The summed E-state index contributed by atoms with van der Waals surface area (Å²) in [6.45, 7) is 2.18. The molecule has 0 bridgehead atoms. The van der Waals surface area contributed by atoms with Crippen LogP contribution in [0.5, 0.6) is 5.75 Å². The summed E-state index contributed by atoms with van der Waals surface area (Å²) in [6.07, 6.45) is 6.95. The highest BCUT2D eigenvalue weighted by molar-refractivity contribution is 6.06. The lowest BCUT2D eigenvalue weighted by atomic mass is 9.55. The maximum absolute atomic E-state index is 13.4. The van der Waals surface area contributed by atoms with Gasteiger partial charge < -0.3 is 5.11 Å². The minimum atomic E-state index is -0.256. The predicted molar refractivity (Wildman–Crippen MR) is 112 cm³/mol. The number of benzene rings is 2. The van der Waals surface area contributed by atoms with E-state index in [-0.39, 0.29) is 5.41 Å². The number of nitrogens with zero attached hydrogens (tertiary/aromatic N) is 1. The van der Waals surface area contributed by atoms with Crippen molar-refractivity contribution in [3.8, 4) is 11.8 Å². The van der Waals surface area contributed by atoms with Crippen LogP contribution in [0.2, 0.25) is 0 Å². The summed E-state index contributed by atoms with van der Waals surface area (Å²) in [5.74, 6) is 2.09. The Morgan fingerprint density at radius 3 is 2.72 bits per heavy atom. The molecule has 5 rings (SSSR count). The molecule has 4 atom stereocenters. The van der Waals surface area contributed by atoms with Crippen LogP contribution in [0, 0.1) is 28.6 Å². The van der Waals surface area contributed by atoms with E-state index in [1.165, 1.54) is 11.1 Å². The Morgan fingerprint density at radius 2 is 1.97 bits per heavy atom. The molecule has 0 heterocycles. The Balaban J connectivity index is 1.47. The standard InChI is InChI=1S/C26H25NO2/c1-26-11-10-22-21-9-7-20(28)13-18(21)6-8-23(22)24(26)14-19(25(26)29)12-16-2-4-17(15-27)5-3-16/h2-5,7,9,12-13,22-24,28H,6,8,10-11,14H2,1H3/t22-,23-,24+,26+/m1/s1. The van der Waals surface area contributed by atoms with Gasteiger partial charge in [-0.25, -0.2) is 0 Å². The van der Waals surface area contributed by atoms with Gasteiger partial charge in [-0.15, -0.1) is 0 Å². The van der Waals surface area contributed by atoms with Crippen LogP contribution in [0.3, 0.4) is 0 Å². The molecule has 146 valence electrons. The second kappa shape index (κ2) is 6.59. The highest BCUT2D eigenvalue weighted by Gasteiger charge is 2.56. The van der Waals surface area contributed by atoms with E-state index in [9.17, 15) is 9.90 Å². The first-order valence-electron chi connectivity index (χ1n) is 10.6. The van der Waals surface area contributed by atoms with Gasteiger partial charge in [-0.1, -0.05) is 25.1 Å². The molecule has 2 fully saturated rings. The molecule has 29 heavy (non-hydrogen) atoms. The number of rotatable bonds is 1. The van der Waals surface area contributed by atoms with Crippen LogP contribution >= 0.6 is 0 Å². The number of aryl methyl sites for hydroxylation is 1. The van der Waals surface area contributed by atoms with Gasteiger partial charge in [-0.3, -0.25) is 4.79 Å². The number of nitriles is 1. The monoisotopic (exact) mass is 383 g/mol. The SMILES string of the molecule is C[C@]12CC[C@@H]3c4ccc(O)cc4CC[C@H]3[C@@H]1CC(=Cc1ccc(C#N)cc1)C2=O. The van der Waals surface area contributed by atoms with Crippen LogP contribution in [0.4, 0.5) is 0 Å². The van der Waals surface area contributed by atoms with E-state index in [4.69, 9.17) is 5.26 Å². The molecule has 0 saturated heterocycles. The third kappa shape index (κ3) is 2.82. The van der Waals surface area contributed by atoms with E-state index in [1.54, 1.807) is 0 Å². The van der Waals surface area contributed by atoms with E-state index in [1.807, 2.05) is 42.5 Å². The van der Waals surface area contributed by atoms with Crippen molar-refractivity contribution in [1.29, 1.82) is 5.26 Å². The molecule has 1 N–H and O–H groups in total.